The van der Waals surface area contributed by atoms with E-state index in [4.69, 9.17) is 16.1 Å². The average molecular weight is 271 g/mol. The van der Waals surface area contributed by atoms with E-state index in [0.29, 0.717) is 11.4 Å². The molecule has 0 aliphatic heterocycles. The van der Waals surface area contributed by atoms with Gasteiger partial charge in [0.1, 0.15) is 11.9 Å². The number of rotatable bonds is 4. The average Bonchev–Trinajstić information content (AvgIpc) is 2.78. The van der Waals surface area contributed by atoms with Crippen molar-refractivity contribution in [3.05, 3.63) is 34.9 Å². The molecule has 1 atom stereocenters. The van der Waals surface area contributed by atoms with Crippen molar-refractivity contribution in [3.63, 3.8) is 0 Å². The number of aliphatic hydroxyl groups is 1. The molecule has 0 aliphatic rings. The van der Waals surface area contributed by atoms with E-state index >= 15 is 0 Å². The highest BCUT2D eigenvalue weighted by Crippen LogP contribution is 2.25. The second-order valence-corrected chi connectivity index (χ2v) is 4.32. The first-order valence-electron chi connectivity index (χ1n) is 5.59. The summed E-state index contributed by atoms with van der Waals surface area (Å²) < 4.78 is 18.6. The predicted molar refractivity (Wildman–Crippen MR) is 64.6 cm³/mol. The van der Waals surface area contributed by atoms with Crippen LogP contribution in [0, 0.1) is 5.82 Å². The van der Waals surface area contributed by atoms with Gasteiger partial charge in [0, 0.05) is 5.02 Å². The molecule has 1 N–H and O–H groups in total. The highest BCUT2D eigenvalue weighted by molar-refractivity contribution is 6.30. The first-order valence-corrected chi connectivity index (χ1v) is 5.96. The Balaban J connectivity index is 2.29. The first-order chi connectivity index (χ1) is 8.61. The smallest absolute Gasteiger partial charge is 0.260 e. The quantitative estimate of drug-likeness (QED) is 0.925. The first kappa shape index (κ1) is 13.0. The number of hydrogen-bond acceptors (Lipinski definition) is 4. The largest absolute Gasteiger partial charge is 0.385 e. The van der Waals surface area contributed by atoms with E-state index in [-0.39, 0.29) is 17.3 Å². The third-order valence-electron chi connectivity index (χ3n) is 2.46. The van der Waals surface area contributed by atoms with Crippen molar-refractivity contribution in [2.45, 2.75) is 25.9 Å². The molecule has 1 aromatic heterocycles. The maximum Gasteiger partial charge on any atom is 0.260 e. The van der Waals surface area contributed by atoms with Gasteiger partial charge in [-0.1, -0.05) is 30.1 Å². The minimum atomic E-state index is -0.789. The van der Waals surface area contributed by atoms with Gasteiger partial charge in [-0.2, -0.15) is 4.98 Å². The van der Waals surface area contributed by atoms with Crippen LogP contribution in [0.15, 0.2) is 22.7 Å². The number of hydrogen-bond donors (Lipinski definition) is 1. The van der Waals surface area contributed by atoms with Crippen molar-refractivity contribution in [1.29, 1.82) is 0 Å². The normalized spacial score (nSPS) is 12.7. The lowest BCUT2D eigenvalue weighted by Crippen LogP contribution is -1.98. The molecule has 0 amide bonds. The van der Waals surface area contributed by atoms with E-state index in [0.717, 1.165) is 6.42 Å². The van der Waals surface area contributed by atoms with Gasteiger partial charge in [-0.3, -0.25) is 0 Å². The molecule has 0 fully saturated rings. The van der Waals surface area contributed by atoms with Gasteiger partial charge in [0.2, 0.25) is 5.82 Å². The van der Waals surface area contributed by atoms with Gasteiger partial charge in [0.05, 0.1) is 5.56 Å². The van der Waals surface area contributed by atoms with Crippen LogP contribution in [-0.4, -0.2) is 15.2 Å². The molecule has 0 saturated carbocycles. The van der Waals surface area contributed by atoms with Gasteiger partial charge in [0.25, 0.3) is 5.89 Å². The second-order valence-electron chi connectivity index (χ2n) is 3.89. The summed E-state index contributed by atoms with van der Waals surface area (Å²) in [7, 11) is 0. The molecule has 0 saturated heterocycles. The van der Waals surface area contributed by atoms with Crippen molar-refractivity contribution in [2.24, 2.45) is 0 Å². The van der Waals surface area contributed by atoms with E-state index in [1.54, 1.807) is 0 Å². The van der Waals surface area contributed by atoms with E-state index in [9.17, 15) is 9.50 Å². The van der Waals surface area contributed by atoms with Crippen molar-refractivity contribution in [1.82, 2.24) is 10.1 Å². The summed E-state index contributed by atoms with van der Waals surface area (Å²) in [6.45, 7) is 1.93. The van der Waals surface area contributed by atoms with Crippen LogP contribution in [0.5, 0.6) is 0 Å². The predicted octanol–water partition coefficient (Wildman–Crippen LogP) is 3.36. The van der Waals surface area contributed by atoms with Crippen LogP contribution in [0.4, 0.5) is 4.39 Å². The minimum Gasteiger partial charge on any atom is -0.385 e. The number of aromatic nitrogens is 2. The van der Waals surface area contributed by atoms with Crippen LogP contribution in [0.2, 0.25) is 5.02 Å². The van der Waals surface area contributed by atoms with Crippen molar-refractivity contribution in [3.8, 4) is 11.5 Å². The molecule has 2 rings (SSSR count). The molecule has 4 nitrogen and oxygen atoms in total. The summed E-state index contributed by atoms with van der Waals surface area (Å²) >= 11 is 5.65. The summed E-state index contributed by atoms with van der Waals surface area (Å²) in [5, 5.41) is 13.6. The third kappa shape index (κ3) is 2.68. The van der Waals surface area contributed by atoms with Crippen LogP contribution >= 0.6 is 11.6 Å². The highest BCUT2D eigenvalue weighted by Gasteiger charge is 2.17. The Labute approximate surface area is 108 Å². The van der Waals surface area contributed by atoms with Crippen LogP contribution in [-0.2, 0) is 0 Å². The number of aliphatic hydroxyl groups excluding tert-OH is 1. The molecule has 6 heteroatoms. The van der Waals surface area contributed by atoms with Crippen molar-refractivity contribution < 1.29 is 14.0 Å². The van der Waals surface area contributed by atoms with Crippen LogP contribution in [0.1, 0.15) is 31.7 Å². The molecule has 1 heterocycles. The summed E-state index contributed by atoms with van der Waals surface area (Å²) in [5.41, 5.74) is 0.168. The Morgan fingerprint density at radius 3 is 2.94 bits per heavy atom. The zero-order chi connectivity index (χ0) is 13.1. The summed E-state index contributed by atoms with van der Waals surface area (Å²) in [5.74, 6) is -0.335. The Morgan fingerprint density at radius 1 is 1.50 bits per heavy atom. The summed E-state index contributed by atoms with van der Waals surface area (Å²) in [6.07, 6.45) is 0.533. The van der Waals surface area contributed by atoms with E-state index < -0.39 is 11.9 Å². The Morgan fingerprint density at radius 2 is 2.28 bits per heavy atom. The van der Waals surface area contributed by atoms with Crippen LogP contribution < -0.4 is 0 Å². The van der Waals surface area contributed by atoms with Gasteiger partial charge in [0.15, 0.2) is 0 Å². The molecule has 0 aliphatic carbocycles. The lowest BCUT2D eigenvalue weighted by Gasteiger charge is -2.01. The fourth-order valence-electron chi connectivity index (χ4n) is 1.55. The van der Waals surface area contributed by atoms with Crippen LogP contribution in [0.25, 0.3) is 11.5 Å². The molecule has 0 bridgehead atoms. The van der Waals surface area contributed by atoms with E-state index in [1.165, 1.54) is 18.2 Å². The standard InChI is InChI=1S/C12H12ClFN2O2/c1-2-3-10(17)11-15-12(18-16-11)8-5-4-7(13)6-9(8)14/h4-6,10,17H,2-3H2,1H3. The van der Waals surface area contributed by atoms with Gasteiger partial charge in [-0.05, 0) is 24.6 Å². The number of nitrogens with zero attached hydrogens (tertiary/aromatic N) is 2. The van der Waals surface area contributed by atoms with Gasteiger partial charge in [-0.15, -0.1) is 0 Å². The molecule has 18 heavy (non-hydrogen) atoms. The zero-order valence-corrected chi connectivity index (χ0v) is 10.5. The summed E-state index contributed by atoms with van der Waals surface area (Å²) in [4.78, 5) is 3.98. The molecule has 0 radical (unpaired) electrons. The maximum absolute atomic E-state index is 13.6. The second kappa shape index (κ2) is 5.46. The van der Waals surface area contributed by atoms with Gasteiger partial charge >= 0.3 is 0 Å². The lowest BCUT2D eigenvalue weighted by atomic mass is 10.2. The molecule has 1 unspecified atom stereocenters. The van der Waals surface area contributed by atoms with E-state index in [2.05, 4.69) is 10.1 Å². The zero-order valence-electron chi connectivity index (χ0n) is 9.73. The fraction of sp³-hybridized carbons (Fsp3) is 0.333. The van der Waals surface area contributed by atoms with Gasteiger partial charge in [-0.25, -0.2) is 4.39 Å². The Kier molecular flexibility index (Phi) is 3.93. The Hall–Kier alpha value is -1.46. The molecule has 96 valence electrons. The van der Waals surface area contributed by atoms with Gasteiger partial charge < -0.3 is 9.63 Å². The number of benzene rings is 1. The van der Waals surface area contributed by atoms with Crippen molar-refractivity contribution in [2.75, 3.05) is 0 Å². The molecular weight excluding hydrogens is 259 g/mol. The fourth-order valence-corrected chi connectivity index (χ4v) is 1.70. The minimum absolute atomic E-state index is 0.0364. The topological polar surface area (TPSA) is 59.2 Å². The number of halogens is 2. The third-order valence-corrected chi connectivity index (χ3v) is 2.70. The molecule has 0 spiro atoms. The van der Waals surface area contributed by atoms with E-state index in [1.807, 2.05) is 6.92 Å². The Bertz CT molecular complexity index is 545. The summed E-state index contributed by atoms with van der Waals surface area (Å²) in [6, 6.07) is 4.16. The lowest BCUT2D eigenvalue weighted by molar-refractivity contribution is 0.153. The van der Waals surface area contributed by atoms with Crippen LogP contribution in [0.3, 0.4) is 0 Å². The maximum atomic E-state index is 13.6. The SMILES string of the molecule is CCCC(O)c1noc(-c2ccc(Cl)cc2F)n1. The highest BCUT2D eigenvalue weighted by atomic mass is 35.5. The molecule has 1 aromatic carbocycles. The van der Waals surface area contributed by atoms with Crippen molar-refractivity contribution >= 4 is 11.6 Å². The monoisotopic (exact) mass is 270 g/mol. The molecular formula is C12H12ClFN2O2. The molecule has 2 aromatic rings.